The van der Waals surface area contributed by atoms with Crippen LogP contribution in [0.1, 0.15) is 32.1 Å². The van der Waals surface area contributed by atoms with Crippen LogP contribution in [-0.4, -0.2) is 30.7 Å². The van der Waals surface area contributed by atoms with Crippen molar-refractivity contribution in [1.29, 1.82) is 0 Å². The highest BCUT2D eigenvalue weighted by Gasteiger charge is 2.35. The molecule has 1 atom stereocenters. The molecule has 1 fully saturated rings. The maximum Gasteiger partial charge on any atom is 0.205 e. The van der Waals surface area contributed by atoms with Crippen molar-refractivity contribution in [3.63, 3.8) is 0 Å². The first-order valence-electron chi connectivity index (χ1n) is 4.94. The van der Waals surface area contributed by atoms with E-state index >= 15 is 0 Å². The molecule has 0 aromatic heterocycles. The second-order valence-electron chi connectivity index (χ2n) is 3.89. The number of nitrogens with zero attached hydrogens (tertiary/aromatic N) is 1. The van der Waals surface area contributed by atoms with Crippen LogP contribution in [0.2, 0.25) is 0 Å². The van der Waals surface area contributed by atoms with E-state index in [2.05, 4.69) is 0 Å². The molecular formula is C9H20NOPS. The zero-order valence-electron chi connectivity index (χ0n) is 8.82. The molecule has 2 nitrogen and oxygen atoms in total. The van der Waals surface area contributed by atoms with E-state index in [-0.39, 0.29) is 0 Å². The maximum atomic E-state index is 12.5. The monoisotopic (exact) mass is 221 g/mol. The smallest absolute Gasteiger partial charge is 0.205 e. The topological polar surface area (TPSA) is 20.3 Å². The normalized spacial score (nSPS) is 24.6. The summed E-state index contributed by atoms with van der Waals surface area (Å²) in [5.41, 5.74) is 0.450. The van der Waals surface area contributed by atoms with Crippen LogP contribution in [0, 0.1) is 0 Å². The quantitative estimate of drug-likeness (QED) is 0.681. The Morgan fingerprint density at radius 3 is 2.15 bits per heavy atom. The predicted molar refractivity (Wildman–Crippen MR) is 61.7 cm³/mol. The lowest BCUT2D eigenvalue weighted by atomic mass is 10.0. The zero-order chi connectivity index (χ0) is 9.90. The molecule has 0 spiro atoms. The van der Waals surface area contributed by atoms with Crippen molar-refractivity contribution in [2.24, 2.45) is 0 Å². The summed E-state index contributed by atoms with van der Waals surface area (Å²) in [5, 5.41) is 0. The number of hydrogen-bond acceptors (Lipinski definition) is 2. The third kappa shape index (κ3) is 2.51. The molecule has 0 amide bonds. The first kappa shape index (κ1) is 11.6. The van der Waals surface area contributed by atoms with Gasteiger partial charge in [-0.25, -0.2) is 0 Å². The van der Waals surface area contributed by atoms with E-state index in [1.807, 2.05) is 25.0 Å². The van der Waals surface area contributed by atoms with Gasteiger partial charge in [0.2, 0.25) is 6.49 Å². The molecule has 1 saturated carbocycles. The summed E-state index contributed by atoms with van der Waals surface area (Å²) in [6.07, 6.45) is 8.17. The van der Waals surface area contributed by atoms with Gasteiger partial charge in [-0.05, 0) is 33.2 Å². The molecule has 13 heavy (non-hydrogen) atoms. The van der Waals surface area contributed by atoms with Gasteiger partial charge in [0, 0.05) is 5.66 Å². The fraction of sp³-hybridized carbons (Fsp3) is 1.00. The van der Waals surface area contributed by atoms with Crippen molar-refractivity contribution in [3.05, 3.63) is 0 Å². The molecule has 0 aromatic carbocycles. The molecule has 1 aliphatic rings. The third-order valence-corrected chi connectivity index (χ3v) is 9.38. The first-order valence-corrected chi connectivity index (χ1v) is 8.50. The molecule has 1 unspecified atom stereocenters. The van der Waals surface area contributed by atoms with Crippen LogP contribution in [0.4, 0.5) is 0 Å². The molecule has 0 bridgehead atoms. The van der Waals surface area contributed by atoms with Gasteiger partial charge in [-0.3, -0.25) is 9.24 Å². The average Bonchev–Trinajstić information content (AvgIpc) is 2.17. The lowest BCUT2D eigenvalue weighted by Gasteiger charge is -2.33. The largest absolute Gasteiger partial charge is 0.294 e. The number of rotatable bonds is 3. The Morgan fingerprint density at radius 2 is 1.77 bits per heavy atom. The van der Waals surface area contributed by atoms with E-state index in [1.54, 1.807) is 11.4 Å². The molecule has 1 aliphatic carbocycles. The summed E-state index contributed by atoms with van der Waals surface area (Å²) in [4.78, 5) is 0. The zero-order valence-corrected chi connectivity index (χ0v) is 10.5. The van der Waals surface area contributed by atoms with Gasteiger partial charge in [0.15, 0.2) is 0 Å². The highest BCUT2D eigenvalue weighted by molar-refractivity contribution is 8.57. The summed E-state index contributed by atoms with van der Waals surface area (Å²) >= 11 is 1.57. The lowest BCUT2D eigenvalue weighted by molar-refractivity contribution is 0.460. The van der Waals surface area contributed by atoms with Crippen molar-refractivity contribution in [1.82, 2.24) is 4.67 Å². The molecule has 0 N–H and O–H groups in total. The SMILES string of the molecule is CSP(=O)(C1CCCCC1)N(C)C. The van der Waals surface area contributed by atoms with Crippen LogP contribution in [0.15, 0.2) is 0 Å². The summed E-state index contributed by atoms with van der Waals surface area (Å²) in [6, 6.07) is 0. The average molecular weight is 221 g/mol. The van der Waals surface area contributed by atoms with E-state index in [4.69, 9.17) is 0 Å². The minimum absolute atomic E-state index is 0.450. The van der Waals surface area contributed by atoms with Gasteiger partial charge >= 0.3 is 0 Å². The van der Waals surface area contributed by atoms with Gasteiger partial charge in [0.25, 0.3) is 0 Å². The van der Waals surface area contributed by atoms with Crippen molar-refractivity contribution in [2.75, 3.05) is 20.4 Å². The molecule has 0 heterocycles. The molecule has 0 radical (unpaired) electrons. The molecule has 0 aliphatic heterocycles. The lowest BCUT2D eigenvalue weighted by Crippen LogP contribution is -2.20. The van der Waals surface area contributed by atoms with Crippen molar-refractivity contribution >= 4 is 17.9 Å². The van der Waals surface area contributed by atoms with Gasteiger partial charge in [-0.2, -0.15) is 0 Å². The van der Waals surface area contributed by atoms with Gasteiger partial charge in [-0.15, -0.1) is 0 Å². The molecule has 0 saturated heterocycles. The Kier molecular flexibility index (Phi) is 4.34. The van der Waals surface area contributed by atoms with Crippen LogP contribution in [0.3, 0.4) is 0 Å². The van der Waals surface area contributed by atoms with Crippen LogP contribution in [0.5, 0.6) is 0 Å². The van der Waals surface area contributed by atoms with Crippen LogP contribution < -0.4 is 0 Å². The summed E-state index contributed by atoms with van der Waals surface area (Å²) in [5.74, 6) is 0. The van der Waals surface area contributed by atoms with E-state index in [0.717, 1.165) is 12.8 Å². The molecular weight excluding hydrogens is 201 g/mol. The Morgan fingerprint density at radius 1 is 1.23 bits per heavy atom. The van der Waals surface area contributed by atoms with Crippen molar-refractivity contribution in [3.8, 4) is 0 Å². The highest BCUT2D eigenvalue weighted by Crippen LogP contribution is 2.65. The molecule has 1 rings (SSSR count). The van der Waals surface area contributed by atoms with Gasteiger partial charge in [-0.1, -0.05) is 30.6 Å². The Labute approximate surface area is 85.6 Å². The van der Waals surface area contributed by atoms with Gasteiger partial charge in [0.05, 0.1) is 0 Å². The Balaban J connectivity index is 2.69. The Bertz CT molecular complexity index is 202. The summed E-state index contributed by atoms with van der Waals surface area (Å²) in [6.45, 7) is -2.10. The first-order chi connectivity index (χ1) is 6.11. The highest BCUT2D eigenvalue weighted by atomic mass is 32.7. The second kappa shape index (κ2) is 4.86. The van der Waals surface area contributed by atoms with Crippen molar-refractivity contribution in [2.45, 2.75) is 37.8 Å². The van der Waals surface area contributed by atoms with Gasteiger partial charge in [0.1, 0.15) is 0 Å². The molecule has 78 valence electrons. The minimum atomic E-state index is -2.10. The Hall–Kier alpha value is 0.540. The standard InChI is InChI=1S/C9H20NOPS/c1-10(2)12(11,13-3)9-7-5-4-6-8-9/h9H,4-8H2,1-3H3. The van der Waals surface area contributed by atoms with E-state index in [0.29, 0.717) is 5.66 Å². The molecule has 0 aromatic rings. The second-order valence-corrected chi connectivity index (χ2v) is 9.57. The van der Waals surface area contributed by atoms with Crippen LogP contribution in [-0.2, 0) is 4.57 Å². The third-order valence-electron chi connectivity index (χ3n) is 2.86. The minimum Gasteiger partial charge on any atom is -0.294 e. The summed E-state index contributed by atoms with van der Waals surface area (Å²) < 4.78 is 14.5. The van der Waals surface area contributed by atoms with Crippen LogP contribution in [0.25, 0.3) is 0 Å². The van der Waals surface area contributed by atoms with E-state index in [9.17, 15) is 4.57 Å². The fourth-order valence-electron chi connectivity index (χ4n) is 2.05. The fourth-order valence-corrected chi connectivity index (χ4v) is 6.85. The summed E-state index contributed by atoms with van der Waals surface area (Å²) in [7, 11) is 3.90. The van der Waals surface area contributed by atoms with Gasteiger partial charge < -0.3 is 0 Å². The van der Waals surface area contributed by atoms with E-state index in [1.165, 1.54) is 19.3 Å². The molecule has 4 heteroatoms. The van der Waals surface area contributed by atoms with E-state index < -0.39 is 6.49 Å². The van der Waals surface area contributed by atoms with Crippen LogP contribution >= 0.6 is 17.9 Å². The number of hydrogen-bond donors (Lipinski definition) is 0. The van der Waals surface area contributed by atoms with Crippen molar-refractivity contribution < 1.29 is 4.57 Å². The maximum absolute atomic E-state index is 12.5. The predicted octanol–water partition coefficient (Wildman–Crippen LogP) is 3.44.